The van der Waals surface area contributed by atoms with Crippen molar-refractivity contribution in [1.29, 1.82) is 0 Å². The Bertz CT molecular complexity index is 969. The maximum absolute atomic E-state index is 14.1. The number of hydrogen-bond acceptors (Lipinski definition) is 6. The molecule has 0 fully saturated rings. The van der Waals surface area contributed by atoms with E-state index in [0.29, 0.717) is 35.8 Å². The number of nitrogen functional groups attached to an aromatic ring is 1. The molecule has 0 radical (unpaired) electrons. The number of methoxy groups -OCH3 is 1. The van der Waals surface area contributed by atoms with Gasteiger partial charge in [-0.15, -0.1) is 0 Å². The van der Waals surface area contributed by atoms with Crippen molar-refractivity contribution >= 4 is 5.82 Å². The fourth-order valence-electron chi connectivity index (χ4n) is 2.72. The first-order valence-electron chi connectivity index (χ1n) is 8.89. The van der Waals surface area contributed by atoms with Crippen molar-refractivity contribution in [2.75, 3.05) is 26.4 Å². The van der Waals surface area contributed by atoms with Crippen molar-refractivity contribution in [2.45, 2.75) is 13.0 Å². The molecule has 0 aliphatic carbocycles. The quantitative estimate of drug-likeness (QED) is 0.582. The van der Waals surface area contributed by atoms with Gasteiger partial charge in [-0.25, -0.2) is 14.4 Å². The van der Waals surface area contributed by atoms with Crippen molar-refractivity contribution in [3.05, 3.63) is 65.8 Å². The van der Waals surface area contributed by atoms with Crippen LogP contribution in [-0.2, 0) is 13.0 Å². The second-order valence-electron chi connectivity index (χ2n) is 6.15. The Labute approximate surface area is 163 Å². The Morgan fingerprint density at radius 3 is 2.82 bits per heavy atom. The summed E-state index contributed by atoms with van der Waals surface area (Å²) in [6.45, 7) is 1.08. The van der Waals surface area contributed by atoms with Gasteiger partial charge >= 0.3 is 0 Å². The molecule has 0 atom stereocenters. The fraction of sp³-hybridized carbons (Fsp3) is 0.250. The van der Waals surface area contributed by atoms with E-state index in [2.05, 4.69) is 20.4 Å². The van der Waals surface area contributed by atoms with E-state index in [-0.39, 0.29) is 11.6 Å². The van der Waals surface area contributed by atoms with Crippen LogP contribution in [0.4, 0.5) is 10.2 Å². The van der Waals surface area contributed by atoms with Crippen molar-refractivity contribution in [1.82, 2.24) is 25.1 Å². The molecule has 0 spiro atoms. The van der Waals surface area contributed by atoms with Gasteiger partial charge in [-0.3, -0.25) is 4.68 Å². The average Bonchev–Trinajstić information content (AvgIpc) is 3.10. The molecule has 8 heteroatoms. The molecule has 0 amide bonds. The number of ether oxygens (including phenoxy) is 1. The molecule has 3 aromatic rings. The molecule has 0 aliphatic heterocycles. The summed E-state index contributed by atoms with van der Waals surface area (Å²) < 4.78 is 21.0. The van der Waals surface area contributed by atoms with Gasteiger partial charge < -0.3 is 15.8 Å². The van der Waals surface area contributed by atoms with Crippen LogP contribution in [0.3, 0.4) is 0 Å². The lowest BCUT2D eigenvalue weighted by Crippen LogP contribution is -2.08. The minimum absolute atomic E-state index is 0.242. The van der Waals surface area contributed by atoms with E-state index in [0.717, 1.165) is 12.2 Å². The van der Waals surface area contributed by atoms with Crippen molar-refractivity contribution < 1.29 is 9.13 Å². The summed E-state index contributed by atoms with van der Waals surface area (Å²) in [4.78, 5) is 8.54. The number of anilines is 1. The van der Waals surface area contributed by atoms with Crippen molar-refractivity contribution in [2.24, 2.45) is 0 Å². The summed E-state index contributed by atoms with van der Waals surface area (Å²) in [6.07, 6.45) is 6.23. The molecular formula is C20H23FN6O. The van der Waals surface area contributed by atoms with Gasteiger partial charge in [0.1, 0.15) is 11.5 Å². The maximum Gasteiger partial charge on any atom is 0.182 e. The third-order valence-electron chi connectivity index (χ3n) is 4.19. The van der Waals surface area contributed by atoms with E-state index in [4.69, 9.17) is 10.5 Å². The highest BCUT2D eigenvalue weighted by molar-refractivity contribution is 5.55. The number of nitrogens with two attached hydrogens (primary N) is 1. The zero-order valence-corrected chi connectivity index (χ0v) is 15.9. The van der Waals surface area contributed by atoms with E-state index in [1.54, 1.807) is 16.8 Å². The molecule has 2 heterocycles. The number of rotatable bonds is 8. The van der Waals surface area contributed by atoms with Crippen LogP contribution in [0.5, 0.6) is 5.75 Å². The van der Waals surface area contributed by atoms with E-state index in [1.165, 1.54) is 19.4 Å². The van der Waals surface area contributed by atoms with Gasteiger partial charge in [-0.2, -0.15) is 5.10 Å². The molecule has 0 aliphatic rings. The standard InChI is InChI=1S/C20H23FN6O/c1-23-10-6-5-8-15-11-17(20-24-12-18(28-2)19(22)25-20)26-27(15)13-14-7-3-4-9-16(14)21/h3-7,9,11-12,23H,8,10,13H2,1-2H3,(H2,22,24,25)/b6-5-. The molecule has 3 rings (SSSR count). The van der Waals surface area contributed by atoms with E-state index in [1.807, 2.05) is 31.3 Å². The van der Waals surface area contributed by atoms with Crippen LogP contribution in [0, 0.1) is 5.82 Å². The van der Waals surface area contributed by atoms with Gasteiger partial charge in [-0.05, 0) is 19.2 Å². The largest absolute Gasteiger partial charge is 0.491 e. The van der Waals surface area contributed by atoms with Gasteiger partial charge in [0.05, 0.1) is 19.9 Å². The second kappa shape index (κ2) is 9.09. The Kier molecular flexibility index (Phi) is 6.33. The topological polar surface area (TPSA) is 90.9 Å². The molecule has 3 N–H and O–H groups in total. The predicted molar refractivity (Wildman–Crippen MR) is 106 cm³/mol. The smallest absolute Gasteiger partial charge is 0.182 e. The number of nitrogens with one attached hydrogen (secondary N) is 1. The molecule has 7 nitrogen and oxygen atoms in total. The highest BCUT2D eigenvalue weighted by Crippen LogP contribution is 2.23. The SMILES string of the molecule is CNC/C=C\Cc1cc(-c2ncc(OC)c(N)n2)nn1Cc1ccccc1F. The molecule has 2 aromatic heterocycles. The summed E-state index contributed by atoms with van der Waals surface area (Å²) in [5, 5.41) is 7.65. The Balaban J connectivity index is 1.94. The number of allylic oxidation sites excluding steroid dienone is 1. The van der Waals surface area contributed by atoms with Gasteiger partial charge in [0.15, 0.2) is 17.4 Å². The zero-order valence-electron chi connectivity index (χ0n) is 15.9. The molecule has 28 heavy (non-hydrogen) atoms. The number of nitrogens with zero attached hydrogens (tertiary/aromatic N) is 4. The monoisotopic (exact) mass is 382 g/mol. The van der Waals surface area contributed by atoms with Crippen LogP contribution in [0.2, 0.25) is 0 Å². The number of hydrogen-bond donors (Lipinski definition) is 2. The van der Waals surface area contributed by atoms with Crippen molar-refractivity contribution in [3.63, 3.8) is 0 Å². The normalized spacial score (nSPS) is 11.2. The highest BCUT2D eigenvalue weighted by atomic mass is 19.1. The lowest BCUT2D eigenvalue weighted by molar-refractivity contribution is 0.413. The molecule has 0 saturated carbocycles. The molecular weight excluding hydrogens is 359 g/mol. The van der Waals surface area contributed by atoms with Crippen LogP contribution >= 0.6 is 0 Å². The van der Waals surface area contributed by atoms with E-state index < -0.39 is 0 Å². The summed E-state index contributed by atoms with van der Waals surface area (Å²) in [6, 6.07) is 8.57. The van der Waals surface area contributed by atoms with Crippen LogP contribution in [0.25, 0.3) is 11.5 Å². The Hall–Kier alpha value is -3.26. The van der Waals surface area contributed by atoms with Crippen LogP contribution < -0.4 is 15.8 Å². The first kappa shape index (κ1) is 19.5. The van der Waals surface area contributed by atoms with Crippen molar-refractivity contribution in [3.8, 4) is 17.3 Å². The van der Waals surface area contributed by atoms with E-state index >= 15 is 0 Å². The maximum atomic E-state index is 14.1. The van der Waals surface area contributed by atoms with Crippen LogP contribution in [-0.4, -0.2) is 40.5 Å². The van der Waals surface area contributed by atoms with Crippen LogP contribution in [0.15, 0.2) is 48.7 Å². The first-order valence-corrected chi connectivity index (χ1v) is 8.89. The number of likely N-dealkylation sites (N-methyl/N-ethyl adjacent to an activating group) is 1. The number of aromatic nitrogens is 4. The lowest BCUT2D eigenvalue weighted by atomic mass is 10.2. The van der Waals surface area contributed by atoms with Gasteiger partial charge in [0, 0.05) is 24.2 Å². The molecule has 1 aromatic carbocycles. The lowest BCUT2D eigenvalue weighted by Gasteiger charge is -2.07. The third kappa shape index (κ3) is 4.52. The predicted octanol–water partition coefficient (Wildman–Crippen LogP) is 2.44. The fourth-order valence-corrected chi connectivity index (χ4v) is 2.72. The number of halogens is 1. The number of benzene rings is 1. The van der Waals surface area contributed by atoms with Crippen LogP contribution in [0.1, 0.15) is 11.3 Å². The van der Waals surface area contributed by atoms with Gasteiger partial charge in [-0.1, -0.05) is 30.4 Å². The van der Waals surface area contributed by atoms with Gasteiger partial charge in [0.25, 0.3) is 0 Å². The molecule has 0 saturated heterocycles. The summed E-state index contributed by atoms with van der Waals surface area (Å²) in [5.41, 5.74) is 7.95. The zero-order chi connectivity index (χ0) is 19.9. The first-order chi connectivity index (χ1) is 13.6. The summed E-state index contributed by atoms with van der Waals surface area (Å²) >= 11 is 0. The minimum atomic E-state index is -0.263. The molecule has 0 bridgehead atoms. The molecule has 0 unspecified atom stereocenters. The van der Waals surface area contributed by atoms with Gasteiger partial charge in [0.2, 0.25) is 0 Å². The summed E-state index contributed by atoms with van der Waals surface area (Å²) in [7, 11) is 3.39. The Morgan fingerprint density at radius 2 is 2.11 bits per heavy atom. The highest BCUT2D eigenvalue weighted by Gasteiger charge is 2.14. The molecule has 146 valence electrons. The third-order valence-corrected chi connectivity index (χ3v) is 4.19. The summed E-state index contributed by atoms with van der Waals surface area (Å²) in [5.74, 6) is 0.781. The minimum Gasteiger partial charge on any atom is -0.491 e. The average molecular weight is 382 g/mol. The Morgan fingerprint density at radius 1 is 1.29 bits per heavy atom. The van der Waals surface area contributed by atoms with E-state index in [9.17, 15) is 4.39 Å². The second-order valence-corrected chi connectivity index (χ2v) is 6.15.